The molecule has 1 aliphatic rings. The van der Waals surface area contributed by atoms with Crippen LogP contribution in [0.25, 0.3) is 0 Å². The highest BCUT2D eigenvalue weighted by Crippen LogP contribution is 2.36. The molecule has 0 bridgehead atoms. The Labute approximate surface area is 105 Å². The average Bonchev–Trinajstić information content (AvgIpc) is 2.28. The number of hydrogen-bond acceptors (Lipinski definition) is 1. The summed E-state index contributed by atoms with van der Waals surface area (Å²) in [5.74, 6) is 1.19. The number of benzene rings is 1. The van der Waals surface area contributed by atoms with E-state index in [0.717, 1.165) is 6.42 Å². The Hall–Kier alpha value is -0.820. The molecule has 1 heteroatoms. The van der Waals surface area contributed by atoms with Crippen molar-refractivity contribution in [2.45, 2.75) is 64.8 Å². The normalized spacial score (nSPS) is 19.8. The number of fused-ring (bicyclic) bond motifs is 1. The summed E-state index contributed by atoms with van der Waals surface area (Å²) in [7, 11) is 0. The summed E-state index contributed by atoms with van der Waals surface area (Å²) in [4.78, 5) is 0. The first-order valence-corrected chi connectivity index (χ1v) is 6.93. The quantitative estimate of drug-likeness (QED) is 0.808. The third-order valence-electron chi connectivity index (χ3n) is 3.97. The fourth-order valence-corrected chi connectivity index (χ4v) is 2.86. The third-order valence-corrected chi connectivity index (χ3v) is 3.97. The monoisotopic (exact) mass is 231 g/mol. The van der Waals surface area contributed by atoms with Crippen molar-refractivity contribution in [3.63, 3.8) is 0 Å². The van der Waals surface area contributed by atoms with Crippen molar-refractivity contribution in [1.82, 2.24) is 0 Å². The van der Waals surface area contributed by atoms with Crippen LogP contribution in [0.1, 0.15) is 80.7 Å². The van der Waals surface area contributed by atoms with E-state index in [2.05, 4.69) is 39.8 Å². The Balaban J connectivity index is 2.58. The largest absolute Gasteiger partial charge is 0.324 e. The first kappa shape index (κ1) is 12.6. The maximum atomic E-state index is 6.28. The zero-order valence-electron chi connectivity index (χ0n) is 11.6. The van der Waals surface area contributed by atoms with Gasteiger partial charge in [-0.3, -0.25) is 0 Å². The second-order valence-corrected chi connectivity index (χ2v) is 5.99. The molecule has 1 aliphatic carbocycles. The molecule has 0 aliphatic heterocycles. The molecule has 0 saturated heterocycles. The molecule has 0 spiro atoms. The Morgan fingerprint density at radius 3 is 2.41 bits per heavy atom. The number of nitrogens with two attached hydrogens (primary N) is 1. The number of rotatable bonds is 2. The van der Waals surface area contributed by atoms with Gasteiger partial charge in [-0.1, -0.05) is 39.8 Å². The lowest BCUT2D eigenvalue weighted by atomic mass is 9.80. The van der Waals surface area contributed by atoms with Gasteiger partial charge in [0.15, 0.2) is 0 Å². The molecule has 1 aromatic rings. The Morgan fingerprint density at radius 1 is 1.12 bits per heavy atom. The predicted molar refractivity (Wildman–Crippen MR) is 74.5 cm³/mol. The van der Waals surface area contributed by atoms with Gasteiger partial charge in [0.2, 0.25) is 0 Å². The van der Waals surface area contributed by atoms with Crippen LogP contribution in [0.5, 0.6) is 0 Å². The van der Waals surface area contributed by atoms with Crippen LogP contribution in [0.2, 0.25) is 0 Å². The lowest BCUT2D eigenvalue weighted by Gasteiger charge is -2.28. The van der Waals surface area contributed by atoms with Gasteiger partial charge in [0.1, 0.15) is 0 Å². The molecule has 1 atom stereocenters. The highest BCUT2D eigenvalue weighted by molar-refractivity contribution is 5.44. The molecule has 94 valence electrons. The molecule has 0 heterocycles. The molecule has 17 heavy (non-hydrogen) atoms. The topological polar surface area (TPSA) is 26.0 Å². The van der Waals surface area contributed by atoms with E-state index in [1.54, 1.807) is 5.56 Å². The molecule has 0 unspecified atom stereocenters. The minimum absolute atomic E-state index is 0.259. The van der Waals surface area contributed by atoms with Gasteiger partial charge in [-0.15, -0.1) is 0 Å². The first-order chi connectivity index (χ1) is 8.00. The zero-order chi connectivity index (χ0) is 12.6. The summed E-state index contributed by atoms with van der Waals surface area (Å²) >= 11 is 0. The van der Waals surface area contributed by atoms with E-state index in [1.807, 2.05) is 0 Å². The fraction of sp³-hybridized carbons (Fsp3) is 0.625. The van der Waals surface area contributed by atoms with Gasteiger partial charge in [-0.2, -0.15) is 0 Å². The molecule has 1 nitrogen and oxygen atoms in total. The van der Waals surface area contributed by atoms with Crippen LogP contribution in [-0.2, 0) is 6.42 Å². The second-order valence-electron chi connectivity index (χ2n) is 5.99. The highest BCUT2D eigenvalue weighted by Gasteiger charge is 2.22. The van der Waals surface area contributed by atoms with Gasteiger partial charge in [-0.05, 0) is 53.4 Å². The highest BCUT2D eigenvalue weighted by atomic mass is 14.6. The standard InChI is InChI=1S/C16H25N/c1-10(2)12-8-14(11(3)4)13-6-5-7-16(17)15(13)9-12/h8-11,16H,5-7,17H2,1-4H3/t16-/m1/s1. The molecule has 0 saturated carbocycles. The third kappa shape index (κ3) is 2.40. The van der Waals surface area contributed by atoms with Gasteiger partial charge < -0.3 is 5.73 Å². The second kappa shape index (κ2) is 4.81. The van der Waals surface area contributed by atoms with Crippen molar-refractivity contribution in [2.24, 2.45) is 5.73 Å². The smallest absolute Gasteiger partial charge is 0.0297 e. The molecule has 1 aromatic carbocycles. The zero-order valence-corrected chi connectivity index (χ0v) is 11.6. The van der Waals surface area contributed by atoms with Crippen molar-refractivity contribution < 1.29 is 0 Å². The molecular formula is C16H25N. The number of hydrogen-bond donors (Lipinski definition) is 1. The molecule has 0 fully saturated rings. The summed E-state index contributed by atoms with van der Waals surface area (Å²) in [5.41, 5.74) is 12.2. The molecular weight excluding hydrogens is 206 g/mol. The summed E-state index contributed by atoms with van der Waals surface area (Å²) in [5, 5.41) is 0. The van der Waals surface area contributed by atoms with E-state index in [1.165, 1.54) is 29.5 Å². The molecule has 2 rings (SSSR count). The van der Waals surface area contributed by atoms with Crippen LogP contribution in [0.15, 0.2) is 12.1 Å². The van der Waals surface area contributed by atoms with E-state index < -0.39 is 0 Å². The Bertz CT molecular complexity index is 387. The molecule has 0 aromatic heterocycles. The SMILES string of the molecule is CC(C)c1cc(C(C)C)c2c(c1)[C@H](N)CCC2. The summed E-state index contributed by atoms with van der Waals surface area (Å²) in [6.45, 7) is 9.11. The van der Waals surface area contributed by atoms with Gasteiger partial charge >= 0.3 is 0 Å². The minimum Gasteiger partial charge on any atom is -0.324 e. The van der Waals surface area contributed by atoms with Gasteiger partial charge in [0, 0.05) is 6.04 Å². The molecule has 2 N–H and O–H groups in total. The van der Waals surface area contributed by atoms with Crippen LogP contribution in [0.3, 0.4) is 0 Å². The lowest BCUT2D eigenvalue weighted by molar-refractivity contribution is 0.562. The maximum absolute atomic E-state index is 6.28. The Kier molecular flexibility index (Phi) is 3.58. The van der Waals surface area contributed by atoms with E-state index in [4.69, 9.17) is 5.73 Å². The predicted octanol–water partition coefficient (Wildman–Crippen LogP) is 4.27. The van der Waals surface area contributed by atoms with E-state index in [9.17, 15) is 0 Å². The Morgan fingerprint density at radius 2 is 1.82 bits per heavy atom. The lowest BCUT2D eigenvalue weighted by Crippen LogP contribution is -2.19. The van der Waals surface area contributed by atoms with Crippen LogP contribution < -0.4 is 5.73 Å². The van der Waals surface area contributed by atoms with Crippen molar-refractivity contribution >= 4 is 0 Å². The fourth-order valence-electron chi connectivity index (χ4n) is 2.86. The van der Waals surface area contributed by atoms with E-state index in [-0.39, 0.29) is 6.04 Å². The van der Waals surface area contributed by atoms with Crippen molar-refractivity contribution in [1.29, 1.82) is 0 Å². The minimum atomic E-state index is 0.259. The van der Waals surface area contributed by atoms with Crippen molar-refractivity contribution in [2.75, 3.05) is 0 Å². The molecule has 0 radical (unpaired) electrons. The van der Waals surface area contributed by atoms with Gasteiger partial charge in [0.05, 0.1) is 0 Å². The molecule has 0 amide bonds. The maximum Gasteiger partial charge on any atom is 0.0297 e. The van der Waals surface area contributed by atoms with Crippen LogP contribution in [0.4, 0.5) is 0 Å². The summed E-state index contributed by atoms with van der Waals surface area (Å²) in [6, 6.07) is 5.02. The van der Waals surface area contributed by atoms with Gasteiger partial charge in [0.25, 0.3) is 0 Å². The van der Waals surface area contributed by atoms with Gasteiger partial charge in [-0.25, -0.2) is 0 Å². The van der Waals surface area contributed by atoms with Crippen LogP contribution >= 0.6 is 0 Å². The van der Waals surface area contributed by atoms with Crippen molar-refractivity contribution in [3.8, 4) is 0 Å². The summed E-state index contributed by atoms with van der Waals surface area (Å²) < 4.78 is 0. The van der Waals surface area contributed by atoms with Crippen LogP contribution in [-0.4, -0.2) is 0 Å². The van der Waals surface area contributed by atoms with Crippen LogP contribution in [0, 0.1) is 0 Å². The first-order valence-electron chi connectivity index (χ1n) is 6.93. The van der Waals surface area contributed by atoms with E-state index >= 15 is 0 Å². The van der Waals surface area contributed by atoms with Crippen molar-refractivity contribution in [3.05, 3.63) is 34.4 Å². The average molecular weight is 231 g/mol. The summed E-state index contributed by atoms with van der Waals surface area (Å²) in [6.07, 6.45) is 3.61. The van der Waals surface area contributed by atoms with E-state index in [0.29, 0.717) is 11.8 Å².